The Labute approximate surface area is 349 Å². The van der Waals surface area contributed by atoms with Gasteiger partial charge >= 0.3 is 8.60 Å². The van der Waals surface area contributed by atoms with Crippen LogP contribution in [0.5, 0.6) is 0 Å². The van der Waals surface area contributed by atoms with E-state index in [2.05, 4.69) is 14.0 Å². The molecule has 0 rings (SSSR count). The van der Waals surface area contributed by atoms with Crippen LogP contribution in [-0.2, 0) is 85.1 Å². The Bertz CT molecular complexity index is 658. The van der Waals surface area contributed by atoms with Crippen LogP contribution in [0.4, 0.5) is 0 Å². The zero-order chi connectivity index (χ0) is 42.9. The average Bonchev–Trinajstić information content (AvgIpc) is 3.23. The molecular weight excluding hydrogens is 795 g/mol. The van der Waals surface area contributed by atoms with Crippen LogP contribution in [0, 0.1) is 0 Å². The Morgan fingerprint density at radius 3 is 0.500 bits per heavy atom. The third-order valence-electron chi connectivity index (χ3n) is 6.28. The summed E-state index contributed by atoms with van der Waals surface area (Å²) >= 11 is 0. The van der Waals surface area contributed by atoms with Gasteiger partial charge in [0, 0.05) is 34.5 Å². The highest BCUT2D eigenvalue weighted by atomic mass is 31.2. The molecule has 21 heteroatoms. The quantitative estimate of drug-likeness (QED) is 0.0655. The van der Waals surface area contributed by atoms with Gasteiger partial charge in [-0.1, -0.05) is 0 Å². The van der Waals surface area contributed by atoms with Crippen LogP contribution in [-0.4, -0.2) is 243 Å². The van der Waals surface area contributed by atoms with Crippen molar-refractivity contribution >= 4 is 8.60 Å². The van der Waals surface area contributed by atoms with E-state index in [4.69, 9.17) is 80.8 Å². The maximum absolute atomic E-state index is 8.57. The second-order valence-electron chi connectivity index (χ2n) is 10.8. The van der Waals surface area contributed by atoms with Gasteiger partial charge in [-0.25, -0.2) is 0 Å². The van der Waals surface area contributed by atoms with Crippen LogP contribution in [0.25, 0.3) is 0 Å². The maximum Gasteiger partial charge on any atom is 0.327 e. The normalized spacial score (nSPS) is 11.2. The first kappa shape index (κ1) is 61.9. The second-order valence-corrected chi connectivity index (χ2v) is 11.6. The van der Waals surface area contributed by atoms with Crippen molar-refractivity contribution in [1.29, 1.82) is 0 Å². The molecule has 20 nitrogen and oxygen atoms in total. The van der Waals surface area contributed by atoms with Crippen LogP contribution < -0.4 is 0 Å². The van der Waals surface area contributed by atoms with E-state index in [0.717, 1.165) is 13.2 Å². The van der Waals surface area contributed by atoms with Crippen molar-refractivity contribution in [3.63, 3.8) is 0 Å². The van der Waals surface area contributed by atoms with Crippen molar-refractivity contribution in [2.45, 2.75) is 13.8 Å². The lowest BCUT2D eigenvalue weighted by atomic mass is 10.6. The van der Waals surface area contributed by atoms with Gasteiger partial charge in [-0.2, -0.15) is 0 Å². The minimum atomic E-state index is -2.32. The minimum Gasteiger partial charge on any atom is -0.385 e. The van der Waals surface area contributed by atoms with E-state index in [1.165, 1.54) is 0 Å². The number of hydrogen-bond acceptors (Lipinski definition) is 20. The molecule has 0 fully saturated rings. The predicted molar refractivity (Wildman–Crippen MR) is 216 cm³/mol. The fraction of sp³-hybridized carbons (Fsp3) is 1.00. The highest BCUT2D eigenvalue weighted by Gasteiger charge is 1.99. The van der Waals surface area contributed by atoms with Crippen LogP contribution in [0.15, 0.2) is 0 Å². The molecule has 0 aromatic carbocycles. The second kappa shape index (κ2) is 63.3. The first-order chi connectivity index (χ1) is 28.6. The van der Waals surface area contributed by atoms with Crippen molar-refractivity contribution < 1.29 is 94.8 Å². The molecule has 0 aromatic rings. The minimum absolute atomic E-state index is 0.133. The zero-order valence-electron chi connectivity index (χ0n) is 36.3. The number of methoxy groups -OCH3 is 3. The summed E-state index contributed by atoms with van der Waals surface area (Å²) in [5.41, 5.74) is 0. The molecule has 0 amide bonds. The molecule has 0 unspecified atom stereocenters. The van der Waals surface area contributed by atoms with Gasteiger partial charge in [0.1, 0.15) is 0 Å². The Kier molecular flexibility index (Phi) is 67.6. The Balaban J connectivity index is -0.00000343. The maximum atomic E-state index is 8.57. The van der Waals surface area contributed by atoms with Crippen LogP contribution in [0.2, 0.25) is 0 Å². The molecule has 0 aliphatic heterocycles. The third-order valence-corrected chi connectivity index (χ3v) is 6.69. The van der Waals surface area contributed by atoms with Gasteiger partial charge in [0.15, 0.2) is 0 Å². The van der Waals surface area contributed by atoms with Crippen LogP contribution in [0.1, 0.15) is 13.8 Å². The summed E-state index contributed by atoms with van der Waals surface area (Å²) in [6.07, 6.45) is 0. The van der Waals surface area contributed by atoms with E-state index in [-0.39, 0.29) is 13.2 Å². The van der Waals surface area contributed by atoms with Crippen LogP contribution >= 0.6 is 8.60 Å². The molecule has 2 N–H and O–H groups in total. The van der Waals surface area contributed by atoms with E-state index >= 15 is 0 Å². The van der Waals surface area contributed by atoms with E-state index < -0.39 is 8.60 Å². The molecule has 0 aromatic heterocycles. The zero-order valence-corrected chi connectivity index (χ0v) is 37.2. The summed E-state index contributed by atoms with van der Waals surface area (Å²) in [6.45, 7) is 19.9. The number of rotatable bonds is 48. The smallest absolute Gasteiger partial charge is 0.327 e. The molecule has 0 radical (unpaired) electrons. The van der Waals surface area contributed by atoms with Gasteiger partial charge in [0.25, 0.3) is 0 Å². The lowest BCUT2D eigenvalue weighted by molar-refractivity contribution is -0.0299. The summed E-state index contributed by atoms with van der Waals surface area (Å²) in [5, 5.41) is 0. The van der Waals surface area contributed by atoms with E-state index in [1.807, 2.05) is 13.8 Å². The van der Waals surface area contributed by atoms with Gasteiger partial charge < -0.3 is 94.8 Å². The average molecular weight is 877 g/mol. The molecule has 0 bridgehead atoms. The first-order valence-corrected chi connectivity index (χ1v) is 21.1. The Morgan fingerprint density at radius 1 is 0.241 bits per heavy atom. The summed E-state index contributed by atoms with van der Waals surface area (Å²) in [4.78, 5) is 17.1. The molecule has 0 aliphatic rings. The molecule has 0 saturated carbocycles. The first-order valence-electron chi connectivity index (χ1n) is 20.0. The van der Waals surface area contributed by atoms with Crippen molar-refractivity contribution in [2.75, 3.05) is 233 Å². The molecule has 0 spiro atoms. The Morgan fingerprint density at radius 2 is 0.379 bits per heavy atom. The lowest BCUT2D eigenvalue weighted by Crippen LogP contribution is -2.15. The molecule has 0 saturated heterocycles. The Hall–Kier alpha value is -0.370. The topological polar surface area (TPSA) is 207 Å². The molecule has 0 aliphatic carbocycles. The summed E-state index contributed by atoms with van der Waals surface area (Å²) < 4.78 is 94.4. The molecule has 58 heavy (non-hydrogen) atoms. The predicted octanol–water partition coefficient (Wildman–Crippen LogP) is 1.40. The third kappa shape index (κ3) is 70.2. The molecule has 0 heterocycles. The van der Waals surface area contributed by atoms with Crippen molar-refractivity contribution in [3.05, 3.63) is 0 Å². The van der Waals surface area contributed by atoms with Gasteiger partial charge in [0.05, 0.1) is 198 Å². The number of ether oxygens (including phenoxy) is 17. The van der Waals surface area contributed by atoms with Crippen molar-refractivity contribution in [1.82, 2.24) is 0 Å². The van der Waals surface area contributed by atoms with E-state index in [0.29, 0.717) is 185 Å². The van der Waals surface area contributed by atoms with Gasteiger partial charge in [-0.05, 0) is 13.8 Å². The molecule has 0 atom stereocenters. The van der Waals surface area contributed by atoms with E-state index in [9.17, 15) is 0 Å². The van der Waals surface area contributed by atoms with Gasteiger partial charge in [-0.3, -0.25) is 0 Å². The van der Waals surface area contributed by atoms with Crippen molar-refractivity contribution in [2.24, 2.45) is 0 Å². The lowest BCUT2D eigenvalue weighted by Gasteiger charge is -2.09. The van der Waals surface area contributed by atoms with Gasteiger partial charge in [-0.15, -0.1) is 0 Å². The van der Waals surface area contributed by atoms with Crippen molar-refractivity contribution in [3.8, 4) is 0 Å². The standard InChI is InChI=1S/C31H65O18P.2C3H8O/c1-34-2-3-35-4-5-36-6-7-37-8-9-38-10-11-39-12-13-40-14-15-41-16-17-42-18-19-43-20-21-44-22-23-45-24-25-46-26-27-47-28-29-48-30-31-49-50(32)33;2*1-3-4-2/h32-33H,2-31H2,1H3;2*3H2,1-2H3. The fourth-order valence-corrected chi connectivity index (χ4v) is 3.52. The number of hydrogen-bond donors (Lipinski definition) is 2. The SMILES string of the molecule is CCOC.CCOC.COCCOCCOCCOCCOCCOCCOCCOCCOCCOCCOCCOCCOCCOCCOCCOP(O)O. The fourth-order valence-electron chi connectivity index (χ4n) is 3.28. The highest BCUT2D eigenvalue weighted by molar-refractivity contribution is 7.39. The summed E-state index contributed by atoms with van der Waals surface area (Å²) in [6, 6.07) is 0. The van der Waals surface area contributed by atoms with Crippen LogP contribution in [0.3, 0.4) is 0 Å². The summed E-state index contributed by atoms with van der Waals surface area (Å²) in [7, 11) is 2.68. The van der Waals surface area contributed by atoms with Gasteiger partial charge in [0.2, 0.25) is 0 Å². The largest absolute Gasteiger partial charge is 0.385 e. The van der Waals surface area contributed by atoms with E-state index in [1.54, 1.807) is 21.3 Å². The monoisotopic (exact) mass is 877 g/mol. The molecular formula is C37H81O20P. The molecule has 354 valence electrons. The summed E-state index contributed by atoms with van der Waals surface area (Å²) in [5.74, 6) is 0. The highest BCUT2D eigenvalue weighted by Crippen LogP contribution is 2.23.